The fraction of sp³-hybridized carbons (Fsp3) is 0.525. The minimum absolute atomic E-state index is 0.00215. The van der Waals surface area contributed by atoms with Gasteiger partial charge in [0.05, 0.1) is 25.8 Å². The van der Waals surface area contributed by atoms with E-state index in [9.17, 15) is 38.7 Å². The molecule has 15 heteroatoms. The molecular formula is C40H53N5O10. The zero-order chi connectivity index (χ0) is 39.6. The van der Waals surface area contributed by atoms with Gasteiger partial charge in [-0.3, -0.25) is 24.0 Å². The normalized spacial score (nSPS) is 19.9. The number of aliphatic carboxylic acids is 1. The van der Waals surface area contributed by atoms with Crippen LogP contribution in [-0.2, 0) is 39.9 Å². The van der Waals surface area contributed by atoms with E-state index in [0.29, 0.717) is 49.2 Å². The van der Waals surface area contributed by atoms with Crippen molar-refractivity contribution in [2.45, 2.75) is 108 Å². The fourth-order valence-electron chi connectivity index (χ4n) is 6.80. The lowest BCUT2D eigenvalue weighted by molar-refractivity contribution is -0.142. The molecule has 6 N–H and O–H groups in total. The van der Waals surface area contributed by atoms with Gasteiger partial charge in [0.2, 0.25) is 23.5 Å². The van der Waals surface area contributed by atoms with Crippen LogP contribution in [0.1, 0.15) is 94.7 Å². The first-order valence-corrected chi connectivity index (χ1v) is 19.2. The van der Waals surface area contributed by atoms with E-state index in [2.05, 4.69) is 26.6 Å². The Morgan fingerprint density at radius 3 is 2.22 bits per heavy atom. The van der Waals surface area contributed by atoms with Gasteiger partial charge in [-0.05, 0) is 74.1 Å². The number of benzene rings is 2. The Kier molecular flexibility index (Phi) is 16.9. The summed E-state index contributed by atoms with van der Waals surface area (Å²) in [7, 11) is 0. The number of carbonyl (C=O) groups is 7. The molecule has 55 heavy (non-hydrogen) atoms. The molecule has 0 aromatic heterocycles. The number of hydrogen-bond acceptors (Lipinski definition) is 9. The van der Waals surface area contributed by atoms with E-state index in [-0.39, 0.29) is 25.4 Å². The second kappa shape index (κ2) is 22.0. The fourth-order valence-corrected chi connectivity index (χ4v) is 6.80. The van der Waals surface area contributed by atoms with Gasteiger partial charge in [-0.25, -0.2) is 9.59 Å². The van der Waals surface area contributed by atoms with E-state index in [1.807, 2.05) is 0 Å². The van der Waals surface area contributed by atoms with E-state index < -0.39 is 72.2 Å². The quantitative estimate of drug-likeness (QED) is 0.173. The minimum atomic E-state index is -1.38. The Hall–Kier alpha value is -5.47. The predicted octanol–water partition coefficient (Wildman–Crippen LogP) is 3.25. The second-order valence-electron chi connectivity index (χ2n) is 14.0. The molecule has 4 rings (SSSR count). The van der Waals surface area contributed by atoms with Crippen LogP contribution in [0.15, 0.2) is 54.6 Å². The summed E-state index contributed by atoms with van der Waals surface area (Å²) in [6.45, 7) is 1.73. The molecule has 0 spiro atoms. The number of ether oxygens (including phenoxy) is 2. The molecule has 1 aliphatic heterocycles. The summed E-state index contributed by atoms with van der Waals surface area (Å²) in [6, 6.07) is 10.3. The molecule has 0 radical (unpaired) electrons. The van der Waals surface area contributed by atoms with Gasteiger partial charge in [0.15, 0.2) is 6.04 Å². The lowest BCUT2D eigenvalue weighted by Gasteiger charge is -2.31. The summed E-state index contributed by atoms with van der Waals surface area (Å²) < 4.78 is 11.4. The zero-order valence-corrected chi connectivity index (χ0v) is 31.3. The molecule has 298 valence electrons. The molecule has 2 aromatic carbocycles. The highest BCUT2D eigenvalue weighted by Gasteiger charge is 2.35. The number of nitrogens with one attached hydrogen (secondary N) is 5. The lowest BCUT2D eigenvalue weighted by Crippen LogP contribution is -2.59. The standard InChI is InChI=1S/C40H53N5O10/c1-2-14-30(35(47)38(50)41-25-32(46)44-34(39(51)52)28-18-9-6-10-19-28)42-36(48)31-24-26-15-13-20-29(23-26)54-21-11-3-4-12-22-55-40(53)45-33(37(49)43-31)27-16-7-5-8-17-27/h6,9-10,13,15,18-20,23,27,30-31,33-34H,2-5,7-8,11-12,14,16-17,21-22,24-25H2,1H3,(H,41,50)(H,42,48)(H,43,49)(H,44,46)(H,45,53)(H,51,52)/t30?,31-,33-,34-/m0/s1. The summed E-state index contributed by atoms with van der Waals surface area (Å²) in [4.78, 5) is 91.7. The highest BCUT2D eigenvalue weighted by atomic mass is 16.5. The van der Waals surface area contributed by atoms with Gasteiger partial charge in [0, 0.05) is 6.42 Å². The summed E-state index contributed by atoms with van der Waals surface area (Å²) in [5.41, 5.74) is 0.983. The zero-order valence-electron chi connectivity index (χ0n) is 31.3. The van der Waals surface area contributed by atoms with Gasteiger partial charge in [-0.15, -0.1) is 0 Å². The maximum atomic E-state index is 14.0. The Morgan fingerprint density at radius 2 is 1.53 bits per heavy atom. The van der Waals surface area contributed by atoms with Crippen molar-refractivity contribution in [1.82, 2.24) is 26.6 Å². The van der Waals surface area contributed by atoms with Crippen molar-refractivity contribution in [3.8, 4) is 5.75 Å². The maximum Gasteiger partial charge on any atom is 0.407 e. The number of Topliss-reactive ketones (excluding diaryl/α,β-unsaturated/α-hetero) is 1. The number of hydrogen-bond donors (Lipinski definition) is 6. The number of carboxylic acid groups (broad SMARTS) is 1. The van der Waals surface area contributed by atoms with Crippen molar-refractivity contribution in [1.29, 1.82) is 0 Å². The molecule has 15 nitrogen and oxygen atoms in total. The predicted molar refractivity (Wildman–Crippen MR) is 201 cm³/mol. The number of cyclic esters (lactones) is 1. The van der Waals surface area contributed by atoms with Gasteiger partial charge >= 0.3 is 12.1 Å². The average Bonchev–Trinajstić information content (AvgIpc) is 3.18. The molecule has 1 unspecified atom stereocenters. The Balaban J connectivity index is 1.50. The molecular weight excluding hydrogens is 710 g/mol. The Morgan fingerprint density at radius 1 is 0.836 bits per heavy atom. The Bertz CT molecular complexity index is 1630. The maximum absolute atomic E-state index is 14.0. The van der Waals surface area contributed by atoms with Crippen LogP contribution in [0, 0.1) is 5.92 Å². The van der Waals surface area contributed by atoms with Crippen molar-refractivity contribution in [3.63, 3.8) is 0 Å². The van der Waals surface area contributed by atoms with Crippen LogP contribution >= 0.6 is 0 Å². The summed E-state index contributed by atoms with van der Waals surface area (Å²) >= 11 is 0. The third-order valence-corrected chi connectivity index (χ3v) is 9.72. The third-order valence-electron chi connectivity index (χ3n) is 9.72. The van der Waals surface area contributed by atoms with Crippen LogP contribution < -0.4 is 31.3 Å². The molecule has 2 aromatic rings. The first-order chi connectivity index (χ1) is 26.5. The van der Waals surface area contributed by atoms with Crippen LogP contribution in [0.4, 0.5) is 4.79 Å². The molecule has 2 aliphatic rings. The van der Waals surface area contributed by atoms with E-state index in [4.69, 9.17) is 9.47 Å². The van der Waals surface area contributed by atoms with Crippen LogP contribution in [0.5, 0.6) is 5.75 Å². The number of alkyl carbamates (subject to hydrolysis) is 1. The number of amides is 5. The van der Waals surface area contributed by atoms with Crippen molar-refractivity contribution < 1.29 is 48.1 Å². The van der Waals surface area contributed by atoms with Gasteiger partial charge in [-0.2, -0.15) is 0 Å². The van der Waals surface area contributed by atoms with E-state index in [0.717, 1.165) is 38.5 Å². The molecule has 4 atom stereocenters. The number of rotatable bonds is 12. The summed E-state index contributed by atoms with van der Waals surface area (Å²) in [5, 5.41) is 22.4. The monoisotopic (exact) mass is 763 g/mol. The number of ketones is 1. The highest BCUT2D eigenvalue weighted by Crippen LogP contribution is 2.27. The third kappa shape index (κ3) is 13.7. The van der Waals surface area contributed by atoms with Crippen LogP contribution in [-0.4, -0.2) is 84.5 Å². The summed E-state index contributed by atoms with van der Waals surface area (Å²) in [6.07, 6.45) is 7.14. The lowest BCUT2D eigenvalue weighted by atomic mass is 9.83. The van der Waals surface area contributed by atoms with Gasteiger partial charge < -0.3 is 41.2 Å². The van der Waals surface area contributed by atoms with E-state index >= 15 is 0 Å². The topological polar surface area (TPSA) is 218 Å². The largest absolute Gasteiger partial charge is 0.494 e. The smallest absolute Gasteiger partial charge is 0.407 e. The van der Waals surface area contributed by atoms with Crippen LogP contribution in [0.25, 0.3) is 0 Å². The van der Waals surface area contributed by atoms with Crippen molar-refractivity contribution in [3.05, 3.63) is 65.7 Å². The molecule has 1 saturated carbocycles. The highest BCUT2D eigenvalue weighted by molar-refractivity contribution is 6.38. The van der Waals surface area contributed by atoms with E-state index in [1.54, 1.807) is 49.4 Å². The van der Waals surface area contributed by atoms with Crippen molar-refractivity contribution in [2.75, 3.05) is 19.8 Å². The second-order valence-corrected chi connectivity index (χ2v) is 14.0. The van der Waals surface area contributed by atoms with Gasteiger partial charge in [0.1, 0.15) is 17.8 Å². The van der Waals surface area contributed by atoms with Crippen molar-refractivity contribution >= 4 is 41.5 Å². The molecule has 5 amide bonds. The molecule has 1 aliphatic carbocycles. The van der Waals surface area contributed by atoms with Crippen LogP contribution in [0.2, 0.25) is 0 Å². The Labute approximate surface area is 321 Å². The van der Waals surface area contributed by atoms with Gasteiger partial charge in [0.25, 0.3) is 5.91 Å². The minimum Gasteiger partial charge on any atom is -0.494 e. The molecule has 2 bridgehead atoms. The first kappa shape index (κ1) is 42.3. The summed E-state index contributed by atoms with van der Waals surface area (Å²) in [5.74, 6) is -5.22. The molecule has 0 saturated heterocycles. The number of carboxylic acids is 1. The number of fused-ring (bicyclic) bond motifs is 2. The van der Waals surface area contributed by atoms with Crippen LogP contribution in [0.3, 0.4) is 0 Å². The molecule has 1 fully saturated rings. The van der Waals surface area contributed by atoms with Crippen molar-refractivity contribution in [2.24, 2.45) is 5.92 Å². The first-order valence-electron chi connectivity index (χ1n) is 19.2. The van der Waals surface area contributed by atoms with Gasteiger partial charge in [-0.1, -0.05) is 75.1 Å². The van der Waals surface area contributed by atoms with E-state index in [1.165, 1.54) is 12.1 Å². The SMILES string of the molecule is CCCC(NC(=O)[C@@H]1Cc2cccc(c2)OCCCCCCOC(=O)N[C@@H](C2CCCCC2)C(=O)N1)C(=O)C(=O)NCC(=O)N[C@H](C(=O)O)c1ccccc1. The number of carbonyl (C=O) groups excluding carboxylic acids is 6. The average molecular weight is 764 g/mol. The molecule has 1 heterocycles.